The zero-order valence-electron chi connectivity index (χ0n) is 9.07. The Labute approximate surface area is 89.1 Å². The predicted molar refractivity (Wildman–Crippen MR) is 58.7 cm³/mol. The third kappa shape index (κ3) is 1.95. The molecule has 82 valence electrons. The van der Waals surface area contributed by atoms with Crippen LogP contribution in [-0.4, -0.2) is 16.1 Å². The van der Waals surface area contributed by atoms with E-state index < -0.39 is 0 Å². The summed E-state index contributed by atoms with van der Waals surface area (Å²) in [5, 5.41) is 0. The molecule has 4 heteroatoms. The third-order valence-electron chi connectivity index (χ3n) is 2.99. The Kier molecular flexibility index (Phi) is 2.86. The molecule has 2 N–H and O–H groups in total. The predicted octanol–water partition coefficient (Wildman–Crippen LogP) is 0.327. The molecule has 1 aromatic rings. The average molecular weight is 207 g/mol. The molecule has 0 amide bonds. The van der Waals surface area contributed by atoms with E-state index in [9.17, 15) is 4.79 Å². The number of hydrogen-bond acceptors (Lipinski definition) is 3. The van der Waals surface area contributed by atoms with E-state index in [2.05, 4.69) is 11.9 Å². The number of hydrogen-bond donors (Lipinski definition) is 1. The Morgan fingerprint density at radius 1 is 1.67 bits per heavy atom. The fourth-order valence-corrected chi connectivity index (χ4v) is 2.05. The molecule has 0 aliphatic carbocycles. The van der Waals surface area contributed by atoms with Gasteiger partial charge < -0.3 is 5.73 Å². The molecule has 1 aliphatic heterocycles. The van der Waals surface area contributed by atoms with E-state index in [1.807, 2.05) is 4.57 Å². The van der Waals surface area contributed by atoms with Gasteiger partial charge >= 0.3 is 0 Å². The number of nitrogens with zero attached hydrogens (tertiary/aromatic N) is 2. The second-order valence-corrected chi connectivity index (χ2v) is 4.29. The van der Waals surface area contributed by atoms with Gasteiger partial charge in [0, 0.05) is 24.7 Å². The summed E-state index contributed by atoms with van der Waals surface area (Å²) in [6.45, 7) is 3.51. The van der Waals surface area contributed by atoms with Crippen molar-refractivity contribution in [3.63, 3.8) is 0 Å². The van der Waals surface area contributed by atoms with Crippen LogP contribution in [0.2, 0.25) is 0 Å². The molecule has 0 saturated carbocycles. The average Bonchev–Trinajstić information content (AvgIpc) is 2.22. The fraction of sp³-hybridized carbons (Fsp3) is 0.636. The minimum Gasteiger partial charge on any atom is -0.330 e. The molecular weight excluding hydrogens is 190 g/mol. The maximum absolute atomic E-state index is 12.0. The van der Waals surface area contributed by atoms with E-state index in [0.29, 0.717) is 18.9 Å². The standard InChI is InChI=1S/C11H17N3O/c1-8-3-5-14-10(6-8)13-7-9(2-4-12)11(14)15/h7-8H,2-6,12H2,1H3. The molecule has 15 heavy (non-hydrogen) atoms. The minimum absolute atomic E-state index is 0.109. The van der Waals surface area contributed by atoms with Crippen molar-refractivity contribution in [2.45, 2.75) is 32.7 Å². The van der Waals surface area contributed by atoms with Crippen LogP contribution < -0.4 is 11.3 Å². The molecule has 0 saturated heterocycles. The first-order valence-corrected chi connectivity index (χ1v) is 5.50. The third-order valence-corrected chi connectivity index (χ3v) is 2.99. The van der Waals surface area contributed by atoms with Gasteiger partial charge in [0.1, 0.15) is 5.82 Å². The van der Waals surface area contributed by atoms with Gasteiger partial charge in [-0.3, -0.25) is 9.36 Å². The maximum Gasteiger partial charge on any atom is 0.256 e. The number of nitrogens with two attached hydrogens (primary N) is 1. The van der Waals surface area contributed by atoms with Gasteiger partial charge in [0.15, 0.2) is 0 Å². The van der Waals surface area contributed by atoms with Crippen molar-refractivity contribution in [1.82, 2.24) is 9.55 Å². The molecule has 1 aromatic heterocycles. The highest BCUT2D eigenvalue weighted by atomic mass is 16.1. The summed E-state index contributed by atoms with van der Waals surface area (Å²) in [6.07, 6.45) is 4.31. The Hall–Kier alpha value is -1.16. The first kappa shape index (κ1) is 10.4. The number of aromatic nitrogens is 2. The molecule has 2 rings (SSSR count). The van der Waals surface area contributed by atoms with Crippen molar-refractivity contribution >= 4 is 0 Å². The fourth-order valence-electron chi connectivity index (χ4n) is 2.05. The molecule has 4 nitrogen and oxygen atoms in total. The highest BCUT2D eigenvalue weighted by molar-refractivity contribution is 5.10. The van der Waals surface area contributed by atoms with Crippen LogP contribution in [0.1, 0.15) is 24.7 Å². The lowest BCUT2D eigenvalue weighted by Gasteiger charge is -2.22. The summed E-state index contributed by atoms with van der Waals surface area (Å²) < 4.78 is 1.81. The van der Waals surface area contributed by atoms with Crippen LogP contribution in [0.3, 0.4) is 0 Å². The van der Waals surface area contributed by atoms with E-state index in [1.54, 1.807) is 6.20 Å². The van der Waals surface area contributed by atoms with Crippen molar-refractivity contribution in [3.8, 4) is 0 Å². The summed E-state index contributed by atoms with van der Waals surface area (Å²) in [4.78, 5) is 16.3. The first-order chi connectivity index (χ1) is 7.22. The Morgan fingerprint density at radius 3 is 3.20 bits per heavy atom. The zero-order valence-corrected chi connectivity index (χ0v) is 9.07. The van der Waals surface area contributed by atoms with Gasteiger partial charge in [-0.15, -0.1) is 0 Å². The zero-order chi connectivity index (χ0) is 10.8. The molecule has 0 bridgehead atoms. The highest BCUT2D eigenvalue weighted by Gasteiger charge is 2.17. The smallest absolute Gasteiger partial charge is 0.256 e. The lowest BCUT2D eigenvalue weighted by atomic mass is 10.00. The molecule has 0 aromatic carbocycles. The summed E-state index contributed by atoms with van der Waals surface area (Å²) in [5.41, 5.74) is 6.31. The van der Waals surface area contributed by atoms with E-state index in [-0.39, 0.29) is 5.56 Å². The van der Waals surface area contributed by atoms with Crippen molar-refractivity contribution in [3.05, 3.63) is 27.9 Å². The summed E-state index contributed by atoms with van der Waals surface area (Å²) >= 11 is 0. The maximum atomic E-state index is 12.0. The molecule has 1 unspecified atom stereocenters. The minimum atomic E-state index is 0.109. The van der Waals surface area contributed by atoms with Gasteiger partial charge in [-0.2, -0.15) is 0 Å². The Morgan fingerprint density at radius 2 is 2.47 bits per heavy atom. The molecule has 2 heterocycles. The molecule has 0 fully saturated rings. The van der Waals surface area contributed by atoms with Gasteiger partial charge in [0.25, 0.3) is 5.56 Å². The Bertz CT molecular complexity index is 411. The Balaban J connectivity index is 2.40. The SMILES string of the molecule is CC1CCn2c(ncc(CCN)c2=O)C1. The molecule has 1 aliphatic rings. The van der Waals surface area contributed by atoms with Gasteiger partial charge in [-0.1, -0.05) is 6.92 Å². The van der Waals surface area contributed by atoms with Crippen molar-refractivity contribution < 1.29 is 0 Å². The van der Waals surface area contributed by atoms with E-state index >= 15 is 0 Å². The lowest BCUT2D eigenvalue weighted by Crippen LogP contribution is -2.33. The lowest BCUT2D eigenvalue weighted by molar-refractivity contribution is 0.392. The highest BCUT2D eigenvalue weighted by Crippen LogP contribution is 2.16. The number of fused-ring (bicyclic) bond motifs is 1. The van der Waals surface area contributed by atoms with Crippen LogP contribution in [0, 0.1) is 5.92 Å². The van der Waals surface area contributed by atoms with Crippen LogP contribution in [0.4, 0.5) is 0 Å². The van der Waals surface area contributed by atoms with E-state index in [4.69, 9.17) is 5.73 Å². The summed E-state index contributed by atoms with van der Waals surface area (Å²) in [7, 11) is 0. The first-order valence-electron chi connectivity index (χ1n) is 5.50. The van der Waals surface area contributed by atoms with Crippen LogP contribution >= 0.6 is 0 Å². The van der Waals surface area contributed by atoms with Crippen LogP contribution in [-0.2, 0) is 19.4 Å². The topological polar surface area (TPSA) is 60.9 Å². The van der Waals surface area contributed by atoms with E-state index in [0.717, 1.165) is 30.8 Å². The van der Waals surface area contributed by atoms with Crippen LogP contribution in [0.25, 0.3) is 0 Å². The van der Waals surface area contributed by atoms with E-state index in [1.165, 1.54) is 0 Å². The van der Waals surface area contributed by atoms with Gasteiger partial charge in [-0.05, 0) is 25.3 Å². The second kappa shape index (κ2) is 4.14. The number of rotatable bonds is 2. The summed E-state index contributed by atoms with van der Waals surface area (Å²) in [5.74, 6) is 1.57. The second-order valence-electron chi connectivity index (χ2n) is 4.29. The molecular formula is C11H17N3O. The summed E-state index contributed by atoms with van der Waals surface area (Å²) in [6, 6.07) is 0. The van der Waals surface area contributed by atoms with Crippen molar-refractivity contribution in [2.24, 2.45) is 11.7 Å². The van der Waals surface area contributed by atoms with Crippen LogP contribution in [0.15, 0.2) is 11.0 Å². The van der Waals surface area contributed by atoms with Gasteiger partial charge in [0.2, 0.25) is 0 Å². The molecule has 0 radical (unpaired) electrons. The van der Waals surface area contributed by atoms with Crippen molar-refractivity contribution in [1.29, 1.82) is 0 Å². The van der Waals surface area contributed by atoms with Crippen LogP contribution in [0.5, 0.6) is 0 Å². The largest absolute Gasteiger partial charge is 0.330 e. The van der Waals surface area contributed by atoms with Crippen molar-refractivity contribution in [2.75, 3.05) is 6.54 Å². The monoisotopic (exact) mass is 207 g/mol. The molecule has 1 atom stereocenters. The quantitative estimate of drug-likeness (QED) is 0.760. The van der Waals surface area contributed by atoms with Gasteiger partial charge in [-0.25, -0.2) is 4.98 Å². The van der Waals surface area contributed by atoms with Gasteiger partial charge in [0.05, 0.1) is 0 Å². The normalized spacial score (nSPS) is 20.0. The molecule has 0 spiro atoms.